The van der Waals surface area contributed by atoms with Gasteiger partial charge in [-0.05, 0) is 39.5 Å². The van der Waals surface area contributed by atoms with E-state index in [0.717, 1.165) is 63.3 Å². The maximum Gasteiger partial charge on any atom is 0.236 e. The zero-order valence-corrected chi connectivity index (χ0v) is 14.9. The third-order valence-electron chi connectivity index (χ3n) is 5.22. The summed E-state index contributed by atoms with van der Waals surface area (Å²) in [5.74, 6) is 0.308. The standard InChI is InChI=1S/C18H29N5O/c1-14-18(20-8-7-19-14)15(2)21-16-5-11-22(12-6-16)13-17(24)23-9-3-4-10-23/h7-8,15-16,21H,3-6,9-13H2,1-2H3. The Balaban J connectivity index is 1.43. The highest BCUT2D eigenvalue weighted by molar-refractivity contribution is 5.78. The van der Waals surface area contributed by atoms with Crippen molar-refractivity contribution in [3.63, 3.8) is 0 Å². The molecule has 0 bridgehead atoms. The van der Waals surface area contributed by atoms with Crippen LogP contribution in [-0.2, 0) is 4.79 Å². The van der Waals surface area contributed by atoms with Crippen LogP contribution >= 0.6 is 0 Å². The molecular weight excluding hydrogens is 302 g/mol. The van der Waals surface area contributed by atoms with Crippen molar-refractivity contribution in [3.05, 3.63) is 23.8 Å². The van der Waals surface area contributed by atoms with E-state index in [0.29, 0.717) is 18.5 Å². The lowest BCUT2D eigenvalue weighted by atomic mass is 10.0. The second kappa shape index (κ2) is 8.03. The molecule has 2 aliphatic heterocycles. The number of rotatable bonds is 5. The van der Waals surface area contributed by atoms with E-state index in [2.05, 4.69) is 27.1 Å². The third kappa shape index (κ3) is 4.30. The number of nitrogens with one attached hydrogen (secondary N) is 1. The predicted octanol–water partition coefficient (Wildman–Crippen LogP) is 1.52. The molecule has 2 saturated heterocycles. The summed E-state index contributed by atoms with van der Waals surface area (Å²) in [7, 11) is 0. The van der Waals surface area contributed by atoms with Gasteiger partial charge in [0.05, 0.1) is 17.9 Å². The van der Waals surface area contributed by atoms with E-state index in [-0.39, 0.29) is 6.04 Å². The molecule has 0 saturated carbocycles. The van der Waals surface area contributed by atoms with E-state index in [4.69, 9.17) is 0 Å². The minimum atomic E-state index is 0.210. The number of likely N-dealkylation sites (tertiary alicyclic amines) is 2. The van der Waals surface area contributed by atoms with Crippen molar-refractivity contribution in [1.82, 2.24) is 25.1 Å². The van der Waals surface area contributed by atoms with E-state index in [1.165, 1.54) is 0 Å². The molecule has 2 fully saturated rings. The summed E-state index contributed by atoms with van der Waals surface area (Å²) >= 11 is 0. The fourth-order valence-electron chi connectivity index (χ4n) is 3.79. The average molecular weight is 331 g/mol. The molecule has 1 aromatic rings. The van der Waals surface area contributed by atoms with E-state index >= 15 is 0 Å². The van der Waals surface area contributed by atoms with Crippen LogP contribution < -0.4 is 5.32 Å². The molecule has 1 amide bonds. The normalized spacial score (nSPS) is 21.2. The summed E-state index contributed by atoms with van der Waals surface area (Å²) in [6.07, 6.45) is 7.98. The average Bonchev–Trinajstić information content (AvgIpc) is 3.11. The van der Waals surface area contributed by atoms with Crippen molar-refractivity contribution >= 4 is 5.91 Å². The Labute approximate surface area is 144 Å². The Morgan fingerprint density at radius 3 is 2.54 bits per heavy atom. The van der Waals surface area contributed by atoms with Gasteiger partial charge in [-0.1, -0.05) is 0 Å². The Kier molecular flexibility index (Phi) is 5.79. The van der Waals surface area contributed by atoms with Gasteiger partial charge in [-0.3, -0.25) is 19.7 Å². The van der Waals surface area contributed by atoms with Crippen molar-refractivity contribution in [3.8, 4) is 0 Å². The molecule has 6 heteroatoms. The SMILES string of the molecule is Cc1nccnc1C(C)NC1CCN(CC(=O)N2CCCC2)CC1. The van der Waals surface area contributed by atoms with Crippen LogP contribution in [0.4, 0.5) is 0 Å². The molecule has 3 heterocycles. The van der Waals surface area contributed by atoms with Gasteiger partial charge in [0.15, 0.2) is 0 Å². The number of aryl methyl sites for hydroxylation is 1. The van der Waals surface area contributed by atoms with Crippen molar-refractivity contribution in [2.24, 2.45) is 0 Å². The summed E-state index contributed by atoms with van der Waals surface area (Å²) in [6.45, 7) is 8.63. The number of piperidine rings is 1. The lowest BCUT2D eigenvalue weighted by molar-refractivity contribution is -0.131. The summed E-state index contributed by atoms with van der Waals surface area (Å²) in [6, 6.07) is 0.695. The summed E-state index contributed by atoms with van der Waals surface area (Å²) < 4.78 is 0. The fourth-order valence-corrected chi connectivity index (χ4v) is 3.79. The highest BCUT2D eigenvalue weighted by Crippen LogP contribution is 2.18. The first-order valence-electron chi connectivity index (χ1n) is 9.17. The summed E-state index contributed by atoms with van der Waals surface area (Å²) in [4.78, 5) is 25.3. The first kappa shape index (κ1) is 17.3. The minimum Gasteiger partial charge on any atom is -0.342 e. The number of nitrogens with zero attached hydrogens (tertiary/aromatic N) is 4. The van der Waals surface area contributed by atoms with Gasteiger partial charge in [-0.2, -0.15) is 0 Å². The smallest absolute Gasteiger partial charge is 0.236 e. The largest absolute Gasteiger partial charge is 0.342 e. The molecule has 1 N–H and O–H groups in total. The predicted molar refractivity (Wildman–Crippen MR) is 93.6 cm³/mol. The first-order chi connectivity index (χ1) is 11.6. The molecule has 24 heavy (non-hydrogen) atoms. The minimum absolute atomic E-state index is 0.210. The Morgan fingerprint density at radius 1 is 1.21 bits per heavy atom. The van der Waals surface area contributed by atoms with E-state index in [9.17, 15) is 4.79 Å². The van der Waals surface area contributed by atoms with Crippen LogP contribution in [-0.4, -0.2) is 64.4 Å². The van der Waals surface area contributed by atoms with Crippen LogP contribution in [0.25, 0.3) is 0 Å². The molecule has 3 rings (SSSR count). The highest BCUT2D eigenvalue weighted by Gasteiger charge is 2.25. The fraction of sp³-hybridized carbons (Fsp3) is 0.722. The third-order valence-corrected chi connectivity index (χ3v) is 5.22. The monoisotopic (exact) mass is 331 g/mol. The molecule has 1 atom stereocenters. The molecule has 0 spiro atoms. The van der Waals surface area contributed by atoms with E-state index in [1.807, 2.05) is 11.8 Å². The molecular formula is C18H29N5O. The Bertz CT molecular complexity index is 550. The molecule has 1 unspecified atom stereocenters. The van der Waals surface area contributed by atoms with Gasteiger partial charge in [0.2, 0.25) is 5.91 Å². The van der Waals surface area contributed by atoms with Crippen LogP contribution in [0.2, 0.25) is 0 Å². The highest BCUT2D eigenvalue weighted by atomic mass is 16.2. The first-order valence-corrected chi connectivity index (χ1v) is 9.17. The number of carbonyl (C=O) groups is 1. The van der Waals surface area contributed by atoms with Crippen molar-refractivity contribution in [2.75, 3.05) is 32.7 Å². The second-order valence-electron chi connectivity index (χ2n) is 7.05. The molecule has 0 aromatic carbocycles. The van der Waals surface area contributed by atoms with Crippen LogP contribution in [0, 0.1) is 6.92 Å². The number of amides is 1. The zero-order valence-electron chi connectivity index (χ0n) is 14.9. The van der Waals surface area contributed by atoms with E-state index < -0.39 is 0 Å². The van der Waals surface area contributed by atoms with Crippen LogP contribution in [0.1, 0.15) is 50.0 Å². The van der Waals surface area contributed by atoms with Crippen molar-refractivity contribution in [1.29, 1.82) is 0 Å². The molecule has 1 aromatic heterocycles. The quantitative estimate of drug-likeness (QED) is 0.886. The van der Waals surface area contributed by atoms with Gasteiger partial charge in [-0.15, -0.1) is 0 Å². The molecule has 0 radical (unpaired) electrons. The molecule has 2 aliphatic rings. The molecule has 0 aliphatic carbocycles. The van der Waals surface area contributed by atoms with Crippen molar-refractivity contribution < 1.29 is 4.79 Å². The molecule has 132 valence electrons. The second-order valence-corrected chi connectivity index (χ2v) is 7.05. The van der Waals surface area contributed by atoms with Gasteiger partial charge in [0, 0.05) is 50.7 Å². The summed E-state index contributed by atoms with van der Waals surface area (Å²) in [5.41, 5.74) is 2.02. The van der Waals surface area contributed by atoms with Crippen LogP contribution in [0.15, 0.2) is 12.4 Å². The van der Waals surface area contributed by atoms with Gasteiger partial charge in [0.25, 0.3) is 0 Å². The van der Waals surface area contributed by atoms with E-state index in [1.54, 1.807) is 12.4 Å². The number of carbonyl (C=O) groups excluding carboxylic acids is 1. The van der Waals surface area contributed by atoms with Gasteiger partial charge < -0.3 is 10.2 Å². The Morgan fingerprint density at radius 2 is 1.88 bits per heavy atom. The number of hydrogen-bond donors (Lipinski definition) is 1. The lowest BCUT2D eigenvalue weighted by Gasteiger charge is -2.34. The number of hydrogen-bond acceptors (Lipinski definition) is 5. The maximum absolute atomic E-state index is 12.2. The zero-order chi connectivity index (χ0) is 16.9. The summed E-state index contributed by atoms with van der Waals surface area (Å²) in [5, 5.41) is 3.68. The maximum atomic E-state index is 12.2. The molecule has 6 nitrogen and oxygen atoms in total. The Hall–Kier alpha value is -1.53. The van der Waals surface area contributed by atoms with Gasteiger partial charge in [0.1, 0.15) is 0 Å². The van der Waals surface area contributed by atoms with Crippen LogP contribution in [0.3, 0.4) is 0 Å². The number of aromatic nitrogens is 2. The van der Waals surface area contributed by atoms with Crippen LogP contribution in [0.5, 0.6) is 0 Å². The lowest BCUT2D eigenvalue weighted by Crippen LogP contribution is -2.47. The topological polar surface area (TPSA) is 61.4 Å². The van der Waals surface area contributed by atoms with Crippen molar-refractivity contribution in [2.45, 2.75) is 51.6 Å². The van der Waals surface area contributed by atoms with Gasteiger partial charge in [-0.25, -0.2) is 0 Å². The van der Waals surface area contributed by atoms with Gasteiger partial charge >= 0.3 is 0 Å².